The highest BCUT2D eigenvalue weighted by molar-refractivity contribution is 6.42. The maximum Gasteiger partial charge on any atom is 0.308 e. The minimum atomic E-state index is -0.924. The zero-order valence-electron chi connectivity index (χ0n) is 11.0. The molecular weight excluding hydrogens is 301 g/mol. The minimum Gasteiger partial charge on any atom is -0.481 e. The molecule has 2 atom stereocenters. The lowest BCUT2D eigenvalue weighted by Crippen LogP contribution is -2.36. The van der Waals surface area contributed by atoms with Crippen molar-refractivity contribution in [1.29, 1.82) is 0 Å². The summed E-state index contributed by atoms with van der Waals surface area (Å²) in [5, 5.41) is 10.1. The van der Waals surface area contributed by atoms with Crippen LogP contribution in [0.3, 0.4) is 0 Å². The van der Waals surface area contributed by atoms with Crippen molar-refractivity contribution >= 4 is 35.1 Å². The predicted molar refractivity (Wildman–Crippen MR) is 76.9 cm³/mol. The number of nitrogens with zero attached hydrogens (tertiary/aromatic N) is 1. The Morgan fingerprint density at radius 2 is 2.10 bits per heavy atom. The lowest BCUT2D eigenvalue weighted by atomic mass is 9.89. The van der Waals surface area contributed by atoms with Crippen LogP contribution in [0.5, 0.6) is 0 Å². The summed E-state index contributed by atoms with van der Waals surface area (Å²) in [6.07, 6.45) is 1.36. The maximum atomic E-state index is 12.0. The molecule has 1 saturated heterocycles. The third-order valence-corrected chi connectivity index (χ3v) is 4.55. The standard InChI is InChI=1S/C14H15Cl2NO3/c1-17-11(18)7-3-5-9(14(19)20)13(17)8-4-2-6-10(15)12(8)16/h2,4,6,9,13H,3,5,7H2,1H3,(H,19,20). The summed E-state index contributed by atoms with van der Waals surface area (Å²) in [7, 11) is 1.62. The van der Waals surface area contributed by atoms with Crippen molar-refractivity contribution in [2.24, 2.45) is 5.92 Å². The van der Waals surface area contributed by atoms with Crippen molar-refractivity contribution in [2.45, 2.75) is 25.3 Å². The number of hydrogen-bond donors (Lipinski definition) is 1. The zero-order valence-corrected chi connectivity index (χ0v) is 12.5. The molecule has 1 aliphatic rings. The molecule has 0 aromatic heterocycles. The third kappa shape index (κ3) is 2.76. The highest BCUT2D eigenvalue weighted by atomic mass is 35.5. The SMILES string of the molecule is CN1C(=O)CCCC(C(=O)O)C1c1cccc(Cl)c1Cl. The van der Waals surface area contributed by atoms with E-state index in [1.165, 1.54) is 4.90 Å². The average Bonchev–Trinajstić information content (AvgIpc) is 2.54. The van der Waals surface area contributed by atoms with E-state index in [0.717, 1.165) is 0 Å². The summed E-state index contributed by atoms with van der Waals surface area (Å²) in [4.78, 5) is 25.0. The molecule has 1 aromatic rings. The van der Waals surface area contributed by atoms with Gasteiger partial charge in [-0.1, -0.05) is 35.3 Å². The van der Waals surface area contributed by atoms with Crippen LogP contribution in [0, 0.1) is 5.92 Å². The monoisotopic (exact) mass is 315 g/mol. The molecule has 0 saturated carbocycles. The first-order valence-corrected chi connectivity index (χ1v) is 7.11. The second-order valence-corrected chi connectivity index (χ2v) is 5.71. The number of rotatable bonds is 2. The van der Waals surface area contributed by atoms with Gasteiger partial charge in [0.2, 0.25) is 5.91 Å². The van der Waals surface area contributed by atoms with Gasteiger partial charge in [0.05, 0.1) is 22.0 Å². The van der Waals surface area contributed by atoms with E-state index in [2.05, 4.69) is 0 Å². The summed E-state index contributed by atoms with van der Waals surface area (Å²) >= 11 is 12.2. The van der Waals surface area contributed by atoms with Crippen LogP contribution in [0.2, 0.25) is 10.0 Å². The topological polar surface area (TPSA) is 57.6 Å². The number of hydrogen-bond acceptors (Lipinski definition) is 2. The second kappa shape index (κ2) is 6.02. The molecule has 1 amide bonds. The lowest BCUT2D eigenvalue weighted by Gasteiger charge is -2.31. The maximum absolute atomic E-state index is 12.0. The Labute approximate surface area is 127 Å². The molecule has 1 fully saturated rings. The first-order chi connectivity index (χ1) is 9.43. The highest BCUT2D eigenvalue weighted by Gasteiger charge is 2.38. The van der Waals surface area contributed by atoms with Crippen LogP contribution < -0.4 is 0 Å². The van der Waals surface area contributed by atoms with Gasteiger partial charge >= 0.3 is 5.97 Å². The van der Waals surface area contributed by atoms with Gasteiger partial charge in [-0.2, -0.15) is 0 Å². The van der Waals surface area contributed by atoms with Gasteiger partial charge in [0, 0.05) is 13.5 Å². The lowest BCUT2D eigenvalue weighted by molar-refractivity contribution is -0.145. The molecule has 1 heterocycles. The number of aliphatic carboxylic acids is 1. The summed E-state index contributed by atoms with van der Waals surface area (Å²) < 4.78 is 0. The Morgan fingerprint density at radius 3 is 2.75 bits per heavy atom. The van der Waals surface area contributed by atoms with Gasteiger partial charge in [0.15, 0.2) is 0 Å². The molecule has 0 aliphatic carbocycles. The average molecular weight is 316 g/mol. The summed E-state index contributed by atoms with van der Waals surface area (Å²) in [5.41, 5.74) is 0.587. The second-order valence-electron chi connectivity index (χ2n) is 4.93. The number of carbonyl (C=O) groups is 2. The third-order valence-electron chi connectivity index (χ3n) is 3.71. The number of carboxylic acid groups (broad SMARTS) is 1. The van der Waals surface area contributed by atoms with Crippen molar-refractivity contribution in [3.8, 4) is 0 Å². The summed E-state index contributed by atoms with van der Waals surface area (Å²) in [5.74, 6) is -1.68. The van der Waals surface area contributed by atoms with Gasteiger partial charge in [-0.05, 0) is 24.5 Å². The van der Waals surface area contributed by atoms with Gasteiger partial charge in [0.25, 0.3) is 0 Å². The van der Waals surface area contributed by atoms with Crippen LogP contribution in [0.4, 0.5) is 0 Å². The van der Waals surface area contributed by atoms with E-state index in [-0.39, 0.29) is 5.91 Å². The van der Waals surface area contributed by atoms with E-state index in [1.54, 1.807) is 25.2 Å². The number of carboxylic acids is 1. The number of carbonyl (C=O) groups excluding carboxylic acids is 1. The molecule has 0 bridgehead atoms. The minimum absolute atomic E-state index is 0.0743. The largest absolute Gasteiger partial charge is 0.481 e. The van der Waals surface area contributed by atoms with E-state index >= 15 is 0 Å². The predicted octanol–water partition coefficient (Wildman–Crippen LogP) is 3.38. The van der Waals surface area contributed by atoms with Crippen LogP contribution in [-0.2, 0) is 9.59 Å². The molecule has 108 valence electrons. The fourth-order valence-electron chi connectivity index (χ4n) is 2.67. The first kappa shape index (κ1) is 15.1. The van der Waals surface area contributed by atoms with Crippen LogP contribution >= 0.6 is 23.2 Å². The Hall–Kier alpha value is -1.26. The zero-order chi connectivity index (χ0) is 14.9. The molecule has 2 rings (SSSR count). The van der Waals surface area contributed by atoms with Crippen LogP contribution in [0.25, 0.3) is 0 Å². The van der Waals surface area contributed by atoms with Crippen molar-refractivity contribution in [1.82, 2.24) is 4.90 Å². The number of amides is 1. The van der Waals surface area contributed by atoms with Gasteiger partial charge in [0.1, 0.15) is 0 Å². The van der Waals surface area contributed by atoms with E-state index in [0.29, 0.717) is 34.9 Å². The molecule has 0 spiro atoms. The molecule has 1 aliphatic heterocycles. The molecule has 1 N–H and O–H groups in total. The van der Waals surface area contributed by atoms with Gasteiger partial charge in [-0.3, -0.25) is 9.59 Å². The molecular formula is C14H15Cl2NO3. The molecule has 20 heavy (non-hydrogen) atoms. The fourth-order valence-corrected chi connectivity index (χ4v) is 3.08. The smallest absolute Gasteiger partial charge is 0.308 e. The Kier molecular flexibility index (Phi) is 4.55. The number of benzene rings is 1. The van der Waals surface area contributed by atoms with Crippen molar-refractivity contribution in [3.63, 3.8) is 0 Å². The van der Waals surface area contributed by atoms with E-state index in [4.69, 9.17) is 23.2 Å². The van der Waals surface area contributed by atoms with Gasteiger partial charge in [-0.15, -0.1) is 0 Å². The molecule has 1 aromatic carbocycles. The molecule has 6 heteroatoms. The highest BCUT2D eigenvalue weighted by Crippen LogP contribution is 2.40. The summed E-state index contributed by atoms with van der Waals surface area (Å²) in [6, 6.07) is 4.49. The Balaban J connectivity index is 2.53. The van der Waals surface area contributed by atoms with E-state index in [1.807, 2.05) is 0 Å². The quantitative estimate of drug-likeness (QED) is 0.910. The molecule has 0 radical (unpaired) electrons. The van der Waals surface area contributed by atoms with Crippen LogP contribution in [0.1, 0.15) is 30.9 Å². The van der Waals surface area contributed by atoms with Crippen molar-refractivity contribution < 1.29 is 14.7 Å². The molecule has 2 unspecified atom stereocenters. The number of likely N-dealkylation sites (tertiary alicyclic amines) is 1. The number of halogens is 2. The van der Waals surface area contributed by atoms with Crippen molar-refractivity contribution in [2.75, 3.05) is 7.05 Å². The summed E-state index contributed by atoms with van der Waals surface area (Å²) in [6.45, 7) is 0. The Bertz CT molecular complexity index is 547. The molecule has 4 nitrogen and oxygen atoms in total. The Morgan fingerprint density at radius 1 is 1.40 bits per heavy atom. The van der Waals surface area contributed by atoms with Gasteiger partial charge < -0.3 is 10.0 Å². The normalized spacial score (nSPS) is 23.6. The van der Waals surface area contributed by atoms with Gasteiger partial charge in [-0.25, -0.2) is 0 Å². The van der Waals surface area contributed by atoms with Crippen LogP contribution in [-0.4, -0.2) is 28.9 Å². The van der Waals surface area contributed by atoms with E-state index in [9.17, 15) is 14.7 Å². The van der Waals surface area contributed by atoms with E-state index < -0.39 is 17.9 Å². The first-order valence-electron chi connectivity index (χ1n) is 6.36. The van der Waals surface area contributed by atoms with Crippen molar-refractivity contribution in [3.05, 3.63) is 33.8 Å². The fraction of sp³-hybridized carbons (Fsp3) is 0.429. The van der Waals surface area contributed by atoms with Crippen LogP contribution in [0.15, 0.2) is 18.2 Å².